The van der Waals surface area contributed by atoms with E-state index in [4.69, 9.17) is 16.7 Å². The molecule has 0 radical (unpaired) electrons. The number of carboxylic acid groups (broad SMARTS) is 1. The SMILES string of the molecule is CC[C@@H](C)[C@H](NC(=O)CCl)C(=O)O. The molecule has 0 aliphatic rings. The van der Waals surface area contributed by atoms with Gasteiger partial charge in [0.15, 0.2) is 0 Å². The van der Waals surface area contributed by atoms with Gasteiger partial charge in [0.1, 0.15) is 11.9 Å². The summed E-state index contributed by atoms with van der Waals surface area (Å²) in [5, 5.41) is 11.1. The number of alkyl halides is 1. The highest BCUT2D eigenvalue weighted by Gasteiger charge is 2.24. The van der Waals surface area contributed by atoms with Gasteiger partial charge in [-0.3, -0.25) is 4.79 Å². The van der Waals surface area contributed by atoms with Gasteiger partial charge in [0.25, 0.3) is 0 Å². The van der Waals surface area contributed by atoms with E-state index in [0.29, 0.717) is 6.42 Å². The monoisotopic (exact) mass is 207 g/mol. The summed E-state index contributed by atoms with van der Waals surface area (Å²) in [5.41, 5.74) is 0. The fraction of sp³-hybridized carbons (Fsp3) is 0.750. The first-order valence-corrected chi connectivity index (χ1v) is 4.64. The molecule has 0 saturated carbocycles. The van der Waals surface area contributed by atoms with Gasteiger partial charge < -0.3 is 10.4 Å². The molecule has 2 atom stereocenters. The van der Waals surface area contributed by atoms with Crippen molar-refractivity contribution in [1.29, 1.82) is 0 Å². The van der Waals surface area contributed by atoms with Gasteiger partial charge in [0.05, 0.1) is 0 Å². The van der Waals surface area contributed by atoms with E-state index in [1.807, 2.05) is 6.92 Å². The van der Waals surface area contributed by atoms with E-state index in [0.717, 1.165) is 0 Å². The Labute approximate surface area is 82.3 Å². The zero-order valence-electron chi connectivity index (χ0n) is 7.71. The van der Waals surface area contributed by atoms with Crippen LogP contribution in [0.2, 0.25) is 0 Å². The van der Waals surface area contributed by atoms with Crippen molar-refractivity contribution in [2.75, 3.05) is 5.88 Å². The van der Waals surface area contributed by atoms with Gasteiger partial charge in [-0.1, -0.05) is 20.3 Å². The fourth-order valence-electron chi connectivity index (χ4n) is 0.895. The number of carbonyl (C=O) groups excluding carboxylic acids is 1. The van der Waals surface area contributed by atoms with Crippen LogP contribution in [0.4, 0.5) is 0 Å². The van der Waals surface area contributed by atoms with E-state index in [1.54, 1.807) is 6.92 Å². The molecule has 0 aromatic heterocycles. The number of carboxylic acids is 1. The Kier molecular flexibility index (Phi) is 5.46. The molecule has 0 aromatic carbocycles. The van der Waals surface area contributed by atoms with Crippen LogP contribution in [-0.2, 0) is 9.59 Å². The molecular weight excluding hydrogens is 194 g/mol. The molecule has 0 unspecified atom stereocenters. The number of rotatable bonds is 5. The van der Waals surface area contributed by atoms with Crippen LogP contribution in [0, 0.1) is 5.92 Å². The lowest BCUT2D eigenvalue weighted by molar-refractivity contribution is -0.143. The molecule has 0 aromatic rings. The van der Waals surface area contributed by atoms with Crippen LogP contribution in [0.25, 0.3) is 0 Å². The van der Waals surface area contributed by atoms with Crippen LogP contribution < -0.4 is 5.32 Å². The molecule has 76 valence electrons. The molecule has 0 fully saturated rings. The van der Waals surface area contributed by atoms with E-state index in [2.05, 4.69) is 5.32 Å². The molecule has 2 N–H and O–H groups in total. The van der Waals surface area contributed by atoms with Gasteiger partial charge >= 0.3 is 5.97 Å². The smallest absolute Gasteiger partial charge is 0.326 e. The van der Waals surface area contributed by atoms with Crippen molar-refractivity contribution < 1.29 is 14.7 Å². The average Bonchev–Trinajstić information content (AvgIpc) is 2.11. The number of amides is 1. The second kappa shape index (κ2) is 5.80. The normalized spacial score (nSPS) is 14.7. The van der Waals surface area contributed by atoms with E-state index in [-0.39, 0.29) is 11.8 Å². The van der Waals surface area contributed by atoms with Crippen molar-refractivity contribution >= 4 is 23.5 Å². The summed E-state index contributed by atoms with van der Waals surface area (Å²) >= 11 is 5.24. The topological polar surface area (TPSA) is 66.4 Å². The highest BCUT2D eigenvalue weighted by atomic mass is 35.5. The maximum Gasteiger partial charge on any atom is 0.326 e. The van der Waals surface area contributed by atoms with Crippen molar-refractivity contribution in [3.8, 4) is 0 Å². The maximum atomic E-state index is 10.8. The summed E-state index contributed by atoms with van der Waals surface area (Å²) in [4.78, 5) is 21.5. The Morgan fingerprint density at radius 3 is 2.38 bits per heavy atom. The van der Waals surface area contributed by atoms with Crippen molar-refractivity contribution in [3.63, 3.8) is 0 Å². The predicted octanol–water partition coefficient (Wildman–Crippen LogP) is 0.841. The third-order valence-corrected chi connectivity index (χ3v) is 2.16. The number of hydrogen-bond acceptors (Lipinski definition) is 2. The molecule has 0 heterocycles. The van der Waals surface area contributed by atoms with Crippen LogP contribution in [0.3, 0.4) is 0 Å². The van der Waals surface area contributed by atoms with Crippen LogP contribution in [0.5, 0.6) is 0 Å². The Morgan fingerprint density at radius 1 is 1.54 bits per heavy atom. The van der Waals surface area contributed by atoms with Gasteiger partial charge in [0.2, 0.25) is 5.91 Å². The predicted molar refractivity (Wildman–Crippen MR) is 49.7 cm³/mol. The zero-order valence-corrected chi connectivity index (χ0v) is 8.47. The summed E-state index contributed by atoms with van der Waals surface area (Å²) in [5.74, 6) is -1.77. The van der Waals surface area contributed by atoms with Crippen molar-refractivity contribution in [2.45, 2.75) is 26.3 Å². The zero-order chi connectivity index (χ0) is 10.4. The standard InChI is InChI=1S/C8H14ClNO3/c1-3-5(2)7(8(12)13)10-6(11)4-9/h5,7H,3-4H2,1-2H3,(H,10,11)(H,12,13)/t5-,7+/m1/s1. The van der Waals surface area contributed by atoms with Gasteiger partial charge in [-0.2, -0.15) is 0 Å². The molecular formula is C8H14ClNO3. The Hall–Kier alpha value is -0.770. The van der Waals surface area contributed by atoms with Gasteiger partial charge in [-0.15, -0.1) is 11.6 Å². The first-order chi connectivity index (χ1) is 6.02. The lowest BCUT2D eigenvalue weighted by Crippen LogP contribution is -2.45. The van der Waals surface area contributed by atoms with Crippen LogP contribution >= 0.6 is 11.6 Å². The van der Waals surface area contributed by atoms with Crippen LogP contribution in [-0.4, -0.2) is 28.9 Å². The molecule has 1 amide bonds. The Morgan fingerprint density at radius 2 is 2.08 bits per heavy atom. The number of nitrogens with one attached hydrogen (secondary N) is 1. The maximum absolute atomic E-state index is 10.8. The number of carbonyl (C=O) groups is 2. The largest absolute Gasteiger partial charge is 0.480 e. The first-order valence-electron chi connectivity index (χ1n) is 4.11. The Bertz CT molecular complexity index is 196. The van der Waals surface area contributed by atoms with Gasteiger partial charge in [-0.25, -0.2) is 4.79 Å². The third kappa shape index (κ3) is 4.12. The molecule has 0 aliphatic heterocycles. The lowest BCUT2D eigenvalue weighted by Gasteiger charge is -2.19. The quantitative estimate of drug-likeness (QED) is 0.657. The highest BCUT2D eigenvalue weighted by molar-refractivity contribution is 6.27. The van der Waals surface area contributed by atoms with Crippen LogP contribution in [0.1, 0.15) is 20.3 Å². The van der Waals surface area contributed by atoms with E-state index < -0.39 is 17.9 Å². The number of hydrogen-bond donors (Lipinski definition) is 2. The molecule has 4 nitrogen and oxygen atoms in total. The molecule has 5 heteroatoms. The molecule has 0 rings (SSSR count). The number of halogens is 1. The fourth-order valence-corrected chi connectivity index (χ4v) is 0.972. The van der Waals surface area contributed by atoms with Crippen LogP contribution in [0.15, 0.2) is 0 Å². The van der Waals surface area contributed by atoms with Crippen molar-refractivity contribution in [3.05, 3.63) is 0 Å². The van der Waals surface area contributed by atoms with E-state index in [1.165, 1.54) is 0 Å². The Balaban J connectivity index is 4.26. The summed E-state index contributed by atoms with van der Waals surface area (Å²) in [6.07, 6.45) is 0.694. The molecule has 0 aliphatic carbocycles. The summed E-state index contributed by atoms with van der Waals surface area (Å²) in [7, 11) is 0. The summed E-state index contributed by atoms with van der Waals surface area (Å²) in [6, 6.07) is -0.837. The average molecular weight is 208 g/mol. The minimum Gasteiger partial charge on any atom is -0.480 e. The van der Waals surface area contributed by atoms with Gasteiger partial charge in [-0.05, 0) is 5.92 Å². The minimum atomic E-state index is -1.02. The first kappa shape index (κ1) is 12.2. The molecule has 13 heavy (non-hydrogen) atoms. The molecule has 0 spiro atoms. The second-order valence-corrected chi connectivity index (χ2v) is 3.17. The van der Waals surface area contributed by atoms with Crippen molar-refractivity contribution in [2.24, 2.45) is 5.92 Å². The van der Waals surface area contributed by atoms with Gasteiger partial charge in [0, 0.05) is 0 Å². The molecule has 0 saturated heterocycles. The highest BCUT2D eigenvalue weighted by Crippen LogP contribution is 2.07. The van der Waals surface area contributed by atoms with E-state index >= 15 is 0 Å². The second-order valence-electron chi connectivity index (χ2n) is 2.90. The third-order valence-electron chi connectivity index (χ3n) is 1.92. The van der Waals surface area contributed by atoms with E-state index in [9.17, 15) is 9.59 Å². The number of aliphatic carboxylic acids is 1. The lowest BCUT2D eigenvalue weighted by atomic mass is 9.99. The summed E-state index contributed by atoms with van der Waals surface area (Å²) < 4.78 is 0. The van der Waals surface area contributed by atoms with Crippen molar-refractivity contribution in [1.82, 2.24) is 5.32 Å². The molecule has 0 bridgehead atoms. The summed E-state index contributed by atoms with van der Waals surface area (Å²) in [6.45, 7) is 3.64. The minimum absolute atomic E-state index is 0.0929.